The van der Waals surface area contributed by atoms with Gasteiger partial charge in [-0.2, -0.15) is 0 Å². The largest absolute Gasteiger partial charge is 0.489 e. The number of para-hydroxylation sites is 1. The highest BCUT2D eigenvalue weighted by Gasteiger charge is 2.79. The maximum Gasteiger partial charge on any atom is 0.236 e. The number of hydrogen-bond donors (Lipinski definition) is 1. The predicted molar refractivity (Wildman–Crippen MR) is 143 cm³/mol. The third kappa shape index (κ3) is 3.99. The van der Waals surface area contributed by atoms with Gasteiger partial charge in [-0.3, -0.25) is 14.7 Å². The molecule has 4 aliphatic carbocycles. The Bertz CT molecular complexity index is 1130. The Morgan fingerprint density at radius 3 is 2.65 bits per heavy atom. The van der Waals surface area contributed by atoms with Gasteiger partial charge in [0, 0.05) is 50.7 Å². The van der Waals surface area contributed by atoms with Crippen LogP contribution in [0.2, 0.25) is 0 Å². The molecule has 6 nitrogen and oxygen atoms in total. The van der Waals surface area contributed by atoms with Crippen molar-refractivity contribution in [3.8, 4) is 5.75 Å². The Kier molecular flexibility index (Phi) is 6.00. The summed E-state index contributed by atoms with van der Waals surface area (Å²) in [6, 6.07) is 12.3. The molecule has 2 aromatic rings. The molecule has 37 heavy (non-hydrogen) atoms. The van der Waals surface area contributed by atoms with Crippen LogP contribution >= 0.6 is 0 Å². The van der Waals surface area contributed by atoms with Crippen molar-refractivity contribution in [3.63, 3.8) is 0 Å². The number of nitrogens with zero attached hydrogens (tertiary/aromatic N) is 3. The number of hydrogen-bond acceptors (Lipinski definition) is 5. The van der Waals surface area contributed by atoms with E-state index in [1.165, 1.54) is 44.1 Å². The molecule has 5 aliphatic rings. The molecule has 5 fully saturated rings. The Hall–Kier alpha value is -2.44. The van der Waals surface area contributed by atoms with Crippen LogP contribution < -0.4 is 10.1 Å². The second-order valence-corrected chi connectivity index (χ2v) is 12.5. The van der Waals surface area contributed by atoms with E-state index in [0.717, 1.165) is 73.8 Å². The summed E-state index contributed by atoms with van der Waals surface area (Å²) in [4.78, 5) is 21.5. The minimum absolute atomic E-state index is 0.261. The number of benzene rings is 1. The maximum absolute atomic E-state index is 12.9. The molecule has 196 valence electrons. The highest BCUT2D eigenvalue weighted by molar-refractivity contribution is 5.78. The summed E-state index contributed by atoms with van der Waals surface area (Å²) in [6.45, 7) is 6.30. The van der Waals surface area contributed by atoms with E-state index in [2.05, 4.69) is 27.3 Å². The van der Waals surface area contributed by atoms with Crippen LogP contribution in [0.15, 0.2) is 48.8 Å². The summed E-state index contributed by atoms with van der Waals surface area (Å²) in [6.07, 6.45) is 12.4. The number of nitrogens with one attached hydrogen (secondary N) is 1. The monoisotopic (exact) mass is 500 g/mol. The van der Waals surface area contributed by atoms with Gasteiger partial charge in [-0.15, -0.1) is 0 Å². The van der Waals surface area contributed by atoms with Crippen molar-refractivity contribution in [2.24, 2.45) is 28.6 Å². The molecule has 1 aromatic heterocycles. The molecule has 5 atom stereocenters. The molecule has 0 radical (unpaired) electrons. The number of fused-ring (bicyclic) bond motifs is 1. The smallest absolute Gasteiger partial charge is 0.236 e. The summed E-state index contributed by atoms with van der Waals surface area (Å²) in [5.74, 6) is 4.33. The number of amides is 1. The molecule has 7 rings (SSSR count). The van der Waals surface area contributed by atoms with Gasteiger partial charge >= 0.3 is 0 Å². The number of carbonyl (C=O) groups excluding carboxylic acids is 1. The van der Waals surface area contributed by atoms with Crippen molar-refractivity contribution in [2.45, 2.75) is 51.7 Å². The normalized spacial score (nSPS) is 33.5. The van der Waals surface area contributed by atoms with Gasteiger partial charge in [0.05, 0.1) is 6.54 Å². The SMILES string of the molecule is O=C(CNCCC12CC3CC4CC(C1)C42C3)N1CCN(Cc2ccccc2OCc2ccncc2)CC1. The minimum atomic E-state index is 0.261. The number of rotatable bonds is 10. The average Bonchev–Trinajstić information content (AvgIpc) is 3.41. The van der Waals surface area contributed by atoms with Crippen molar-refractivity contribution in [2.75, 3.05) is 39.3 Å². The van der Waals surface area contributed by atoms with Gasteiger partial charge in [-0.05, 0) is 97.4 Å². The van der Waals surface area contributed by atoms with Crippen LogP contribution in [-0.2, 0) is 17.9 Å². The lowest BCUT2D eigenvalue weighted by molar-refractivity contribution is -0.246. The number of ether oxygens (including phenoxy) is 1. The number of piperazine rings is 1. The standard InChI is InChI=1S/C31H40N4O2/c36-29(20-33-10-7-30-17-24-15-26-16-27(19-30)31(26,30)18-24)35-13-11-34(12-14-35)21-25-3-1-2-4-28(25)37-22-23-5-8-32-9-6-23/h1-6,8-9,24,26-27,33H,7,10-22H2. The second-order valence-electron chi connectivity index (χ2n) is 12.5. The molecule has 1 aromatic carbocycles. The van der Waals surface area contributed by atoms with E-state index >= 15 is 0 Å². The van der Waals surface area contributed by atoms with Crippen molar-refractivity contribution >= 4 is 5.91 Å². The number of carbonyl (C=O) groups is 1. The zero-order valence-corrected chi connectivity index (χ0v) is 21.9. The van der Waals surface area contributed by atoms with Gasteiger partial charge < -0.3 is 15.0 Å². The molecule has 2 heterocycles. The molecule has 6 heteroatoms. The van der Waals surface area contributed by atoms with Gasteiger partial charge in [0.25, 0.3) is 0 Å². The van der Waals surface area contributed by atoms with E-state index in [9.17, 15) is 4.79 Å². The molecular formula is C31H40N4O2. The molecule has 1 aliphatic heterocycles. The van der Waals surface area contributed by atoms with Crippen LogP contribution in [0.5, 0.6) is 5.75 Å². The molecule has 1 spiro atoms. The van der Waals surface area contributed by atoms with E-state index in [1.807, 2.05) is 29.2 Å². The van der Waals surface area contributed by atoms with Crippen LogP contribution in [0, 0.1) is 28.6 Å². The number of pyridine rings is 1. The van der Waals surface area contributed by atoms with Crippen LogP contribution in [0.1, 0.15) is 49.7 Å². The lowest BCUT2D eigenvalue weighted by Gasteiger charge is -2.73. The molecule has 5 unspecified atom stereocenters. The Morgan fingerprint density at radius 2 is 1.84 bits per heavy atom. The van der Waals surface area contributed by atoms with Crippen LogP contribution in [0.25, 0.3) is 0 Å². The van der Waals surface area contributed by atoms with Crippen molar-refractivity contribution in [1.82, 2.24) is 20.1 Å². The molecule has 1 amide bonds. The Labute approximate surface area is 220 Å². The van der Waals surface area contributed by atoms with Crippen LogP contribution in [0.3, 0.4) is 0 Å². The zero-order valence-electron chi connectivity index (χ0n) is 21.9. The molecule has 4 saturated carbocycles. The van der Waals surface area contributed by atoms with Gasteiger partial charge in [0.15, 0.2) is 0 Å². The Morgan fingerprint density at radius 1 is 1.00 bits per heavy atom. The second kappa shape index (κ2) is 9.39. The van der Waals surface area contributed by atoms with Crippen LogP contribution in [-0.4, -0.2) is 60.0 Å². The van der Waals surface area contributed by atoms with Crippen molar-refractivity contribution < 1.29 is 9.53 Å². The maximum atomic E-state index is 12.9. The molecule has 2 bridgehead atoms. The zero-order chi connectivity index (χ0) is 24.9. The molecule has 1 saturated heterocycles. The topological polar surface area (TPSA) is 57.7 Å². The first kappa shape index (κ1) is 23.7. The average molecular weight is 501 g/mol. The van der Waals surface area contributed by atoms with Gasteiger partial charge in [0.2, 0.25) is 5.91 Å². The van der Waals surface area contributed by atoms with E-state index < -0.39 is 0 Å². The minimum Gasteiger partial charge on any atom is -0.489 e. The summed E-state index contributed by atoms with van der Waals surface area (Å²) >= 11 is 0. The highest BCUT2D eigenvalue weighted by atomic mass is 16.5. The van der Waals surface area contributed by atoms with Gasteiger partial charge in [-0.25, -0.2) is 0 Å². The van der Waals surface area contributed by atoms with Gasteiger partial charge in [-0.1, -0.05) is 18.2 Å². The first-order chi connectivity index (χ1) is 18.2. The van der Waals surface area contributed by atoms with E-state index in [1.54, 1.807) is 12.4 Å². The fourth-order valence-electron chi connectivity index (χ4n) is 9.28. The summed E-state index contributed by atoms with van der Waals surface area (Å²) in [5.41, 5.74) is 3.71. The van der Waals surface area contributed by atoms with E-state index in [-0.39, 0.29) is 5.91 Å². The fraction of sp³-hybridized carbons (Fsp3) is 0.613. The summed E-state index contributed by atoms with van der Waals surface area (Å²) < 4.78 is 6.13. The van der Waals surface area contributed by atoms with Crippen molar-refractivity contribution in [3.05, 3.63) is 59.9 Å². The summed E-state index contributed by atoms with van der Waals surface area (Å²) in [5, 5.41) is 3.54. The lowest BCUT2D eigenvalue weighted by Crippen LogP contribution is -2.66. The molecular weight excluding hydrogens is 460 g/mol. The third-order valence-electron chi connectivity index (χ3n) is 10.9. The van der Waals surface area contributed by atoms with Crippen molar-refractivity contribution in [1.29, 1.82) is 0 Å². The first-order valence-corrected chi connectivity index (χ1v) is 14.5. The Balaban J connectivity index is 0.844. The third-order valence-corrected chi connectivity index (χ3v) is 10.9. The lowest BCUT2D eigenvalue weighted by atomic mass is 9.31. The molecule has 1 N–H and O–H groups in total. The van der Waals surface area contributed by atoms with Gasteiger partial charge in [0.1, 0.15) is 12.4 Å². The first-order valence-electron chi connectivity index (χ1n) is 14.5. The quantitative estimate of drug-likeness (QED) is 0.498. The summed E-state index contributed by atoms with van der Waals surface area (Å²) in [7, 11) is 0. The van der Waals surface area contributed by atoms with E-state index in [4.69, 9.17) is 4.74 Å². The van der Waals surface area contributed by atoms with Crippen LogP contribution in [0.4, 0.5) is 0 Å². The van der Waals surface area contributed by atoms with E-state index in [0.29, 0.717) is 18.6 Å². The predicted octanol–water partition coefficient (Wildman–Crippen LogP) is 4.11. The number of aromatic nitrogens is 1. The fourth-order valence-corrected chi connectivity index (χ4v) is 9.28. The highest BCUT2D eigenvalue weighted by Crippen LogP contribution is 2.87.